The SMILES string of the molecule is CCCCC=C1Cc2ccccc2CC1=CCCCC. The molecule has 0 atom stereocenters. The summed E-state index contributed by atoms with van der Waals surface area (Å²) >= 11 is 0. The van der Waals surface area contributed by atoms with E-state index in [2.05, 4.69) is 50.3 Å². The number of allylic oxidation sites excluding steroid dienone is 4. The molecule has 0 unspecified atom stereocenters. The largest absolute Gasteiger partial charge is 0.0807 e. The summed E-state index contributed by atoms with van der Waals surface area (Å²) in [6, 6.07) is 8.94. The summed E-state index contributed by atoms with van der Waals surface area (Å²) in [4.78, 5) is 0. The fourth-order valence-electron chi connectivity index (χ4n) is 2.91. The first-order valence-electron chi connectivity index (χ1n) is 8.30. The highest BCUT2D eigenvalue weighted by molar-refractivity contribution is 5.47. The molecule has 2 rings (SSSR count). The molecule has 0 amide bonds. The number of hydrogen-bond acceptors (Lipinski definition) is 0. The Labute approximate surface area is 124 Å². The molecule has 0 bridgehead atoms. The molecule has 0 nitrogen and oxygen atoms in total. The number of unbranched alkanes of at least 4 members (excludes halogenated alkanes) is 4. The molecule has 1 aromatic rings. The van der Waals surface area contributed by atoms with Crippen LogP contribution in [0.15, 0.2) is 47.6 Å². The molecule has 0 radical (unpaired) electrons. The van der Waals surface area contributed by atoms with Crippen LogP contribution in [0.1, 0.15) is 63.5 Å². The molecule has 20 heavy (non-hydrogen) atoms. The van der Waals surface area contributed by atoms with Crippen LogP contribution in [-0.4, -0.2) is 0 Å². The van der Waals surface area contributed by atoms with Gasteiger partial charge in [0.05, 0.1) is 0 Å². The van der Waals surface area contributed by atoms with Crippen molar-refractivity contribution in [1.29, 1.82) is 0 Å². The third-order valence-electron chi connectivity index (χ3n) is 4.19. The Kier molecular flexibility index (Phi) is 6.11. The minimum atomic E-state index is 1.14. The van der Waals surface area contributed by atoms with Gasteiger partial charge in [-0.2, -0.15) is 0 Å². The third-order valence-corrected chi connectivity index (χ3v) is 4.19. The Bertz CT molecular complexity index is 432. The fraction of sp³-hybridized carbons (Fsp3) is 0.500. The molecule has 0 saturated carbocycles. The van der Waals surface area contributed by atoms with Gasteiger partial charge in [0.2, 0.25) is 0 Å². The van der Waals surface area contributed by atoms with Crippen molar-refractivity contribution >= 4 is 0 Å². The topological polar surface area (TPSA) is 0 Å². The van der Waals surface area contributed by atoms with Gasteiger partial charge in [-0.25, -0.2) is 0 Å². The fourth-order valence-corrected chi connectivity index (χ4v) is 2.91. The van der Waals surface area contributed by atoms with Crippen molar-refractivity contribution in [3.05, 3.63) is 58.7 Å². The number of hydrogen-bond donors (Lipinski definition) is 0. The van der Waals surface area contributed by atoms with E-state index < -0.39 is 0 Å². The van der Waals surface area contributed by atoms with E-state index in [-0.39, 0.29) is 0 Å². The van der Waals surface area contributed by atoms with Gasteiger partial charge < -0.3 is 0 Å². The second-order valence-corrected chi connectivity index (χ2v) is 5.87. The molecule has 0 heteroatoms. The predicted molar refractivity (Wildman–Crippen MR) is 89.1 cm³/mol. The number of fused-ring (bicyclic) bond motifs is 1. The zero-order valence-corrected chi connectivity index (χ0v) is 13.1. The van der Waals surface area contributed by atoms with E-state index in [9.17, 15) is 0 Å². The van der Waals surface area contributed by atoms with E-state index in [1.807, 2.05) is 0 Å². The zero-order valence-electron chi connectivity index (χ0n) is 13.1. The monoisotopic (exact) mass is 268 g/mol. The van der Waals surface area contributed by atoms with Crippen LogP contribution in [0.4, 0.5) is 0 Å². The first kappa shape index (κ1) is 15.1. The average Bonchev–Trinajstić information content (AvgIpc) is 2.48. The molecule has 0 heterocycles. The molecule has 108 valence electrons. The molecule has 0 spiro atoms. The van der Waals surface area contributed by atoms with Gasteiger partial charge in [-0.3, -0.25) is 0 Å². The van der Waals surface area contributed by atoms with Gasteiger partial charge in [-0.05, 0) is 48.0 Å². The quantitative estimate of drug-likeness (QED) is 0.553. The molecule has 1 aliphatic carbocycles. The van der Waals surface area contributed by atoms with Crippen molar-refractivity contribution < 1.29 is 0 Å². The summed E-state index contributed by atoms with van der Waals surface area (Å²) in [6.07, 6.45) is 14.9. The molecule has 0 N–H and O–H groups in total. The summed E-state index contributed by atoms with van der Waals surface area (Å²) in [5.41, 5.74) is 6.24. The summed E-state index contributed by atoms with van der Waals surface area (Å²) < 4.78 is 0. The van der Waals surface area contributed by atoms with E-state index in [0.29, 0.717) is 0 Å². The van der Waals surface area contributed by atoms with Crippen LogP contribution in [0.5, 0.6) is 0 Å². The summed E-state index contributed by atoms with van der Waals surface area (Å²) in [5, 5.41) is 0. The molecule has 0 fully saturated rings. The minimum Gasteiger partial charge on any atom is -0.0807 e. The maximum atomic E-state index is 2.50. The van der Waals surface area contributed by atoms with Crippen molar-refractivity contribution in [3.8, 4) is 0 Å². The Morgan fingerprint density at radius 1 is 0.800 bits per heavy atom. The van der Waals surface area contributed by atoms with Gasteiger partial charge in [-0.1, -0.05) is 75.9 Å². The molecule has 1 aromatic carbocycles. The Balaban J connectivity index is 2.17. The highest BCUT2D eigenvalue weighted by Crippen LogP contribution is 2.30. The Morgan fingerprint density at radius 3 is 1.65 bits per heavy atom. The van der Waals surface area contributed by atoms with Crippen LogP contribution in [0.25, 0.3) is 0 Å². The predicted octanol–water partition coefficient (Wildman–Crippen LogP) is 6.02. The van der Waals surface area contributed by atoms with E-state index in [1.54, 1.807) is 11.1 Å². The molecule has 0 aromatic heterocycles. The van der Waals surface area contributed by atoms with Crippen LogP contribution in [0.2, 0.25) is 0 Å². The standard InChI is InChI=1S/C20H28/c1-3-5-7-11-17-15-19-13-9-10-14-20(19)16-18(17)12-8-6-4-2/h9-14H,3-8,15-16H2,1-2H3. The number of benzene rings is 1. The number of rotatable bonds is 6. The smallest absolute Gasteiger partial charge is 0.00234 e. The van der Waals surface area contributed by atoms with Crippen molar-refractivity contribution in [3.63, 3.8) is 0 Å². The average molecular weight is 268 g/mol. The van der Waals surface area contributed by atoms with Gasteiger partial charge in [0, 0.05) is 0 Å². The Morgan fingerprint density at radius 2 is 1.25 bits per heavy atom. The first-order valence-corrected chi connectivity index (χ1v) is 8.30. The molecular formula is C20H28. The highest BCUT2D eigenvalue weighted by Gasteiger charge is 2.16. The van der Waals surface area contributed by atoms with Crippen LogP contribution in [0.3, 0.4) is 0 Å². The lowest BCUT2D eigenvalue weighted by molar-refractivity contribution is 0.796. The first-order chi connectivity index (χ1) is 9.85. The summed E-state index contributed by atoms with van der Waals surface area (Å²) in [7, 11) is 0. The zero-order chi connectivity index (χ0) is 14.2. The molecule has 0 aliphatic heterocycles. The maximum Gasteiger partial charge on any atom is -0.00234 e. The lowest BCUT2D eigenvalue weighted by Gasteiger charge is -2.22. The lowest BCUT2D eigenvalue weighted by atomic mass is 9.83. The van der Waals surface area contributed by atoms with Crippen molar-refractivity contribution in [2.45, 2.75) is 65.2 Å². The summed E-state index contributed by atoms with van der Waals surface area (Å²) in [5.74, 6) is 0. The van der Waals surface area contributed by atoms with Crippen LogP contribution in [0, 0.1) is 0 Å². The van der Waals surface area contributed by atoms with Crippen LogP contribution < -0.4 is 0 Å². The highest BCUT2D eigenvalue weighted by atomic mass is 14.2. The van der Waals surface area contributed by atoms with Gasteiger partial charge in [0.15, 0.2) is 0 Å². The van der Waals surface area contributed by atoms with E-state index in [4.69, 9.17) is 0 Å². The lowest BCUT2D eigenvalue weighted by Crippen LogP contribution is -2.09. The van der Waals surface area contributed by atoms with Crippen molar-refractivity contribution in [1.82, 2.24) is 0 Å². The van der Waals surface area contributed by atoms with Gasteiger partial charge in [-0.15, -0.1) is 0 Å². The van der Waals surface area contributed by atoms with Gasteiger partial charge >= 0.3 is 0 Å². The van der Waals surface area contributed by atoms with Crippen molar-refractivity contribution in [2.75, 3.05) is 0 Å². The second kappa shape index (κ2) is 8.09. The van der Waals surface area contributed by atoms with Gasteiger partial charge in [0.25, 0.3) is 0 Å². The van der Waals surface area contributed by atoms with Crippen LogP contribution in [-0.2, 0) is 12.8 Å². The van der Waals surface area contributed by atoms with E-state index in [0.717, 1.165) is 12.8 Å². The second-order valence-electron chi connectivity index (χ2n) is 5.87. The molecular weight excluding hydrogens is 240 g/mol. The summed E-state index contributed by atoms with van der Waals surface area (Å²) in [6.45, 7) is 4.54. The van der Waals surface area contributed by atoms with Gasteiger partial charge in [0.1, 0.15) is 0 Å². The normalized spacial score (nSPS) is 18.5. The van der Waals surface area contributed by atoms with Crippen molar-refractivity contribution in [2.24, 2.45) is 0 Å². The molecule has 1 aliphatic rings. The van der Waals surface area contributed by atoms with E-state index in [1.165, 1.54) is 49.7 Å². The maximum absolute atomic E-state index is 2.50. The molecule has 0 saturated heterocycles. The minimum absolute atomic E-state index is 1.14. The Hall–Kier alpha value is -1.30. The van der Waals surface area contributed by atoms with Crippen LogP contribution >= 0.6 is 0 Å². The van der Waals surface area contributed by atoms with E-state index >= 15 is 0 Å². The third kappa shape index (κ3) is 4.10.